The highest BCUT2D eigenvalue weighted by atomic mass is 35.5. The molecule has 0 spiro atoms. The quantitative estimate of drug-likeness (QED) is 0.898. The molecule has 1 saturated heterocycles. The Bertz CT molecular complexity index is 482. The summed E-state index contributed by atoms with van der Waals surface area (Å²) in [4.78, 5) is 13.7. The largest absolute Gasteiger partial charge is 0.491 e. The molecule has 1 aliphatic heterocycles. The van der Waals surface area contributed by atoms with Crippen LogP contribution in [0.25, 0.3) is 0 Å². The Balaban J connectivity index is 0.00000220. The minimum absolute atomic E-state index is 0. The highest BCUT2D eigenvalue weighted by Gasteiger charge is 2.22. The molecule has 1 unspecified atom stereocenters. The lowest BCUT2D eigenvalue weighted by Gasteiger charge is -2.23. The first-order valence-corrected chi connectivity index (χ1v) is 7.00. The van der Waals surface area contributed by atoms with Crippen molar-refractivity contribution in [3.63, 3.8) is 0 Å². The summed E-state index contributed by atoms with van der Waals surface area (Å²) in [6.07, 6.45) is 1.26. The van der Waals surface area contributed by atoms with Gasteiger partial charge in [0.1, 0.15) is 11.6 Å². The summed E-state index contributed by atoms with van der Waals surface area (Å²) in [6.45, 7) is 2.02. The van der Waals surface area contributed by atoms with Gasteiger partial charge in [-0.25, -0.2) is 4.39 Å². The normalized spacial score (nSPS) is 17.2. The van der Waals surface area contributed by atoms with Crippen LogP contribution in [-0.4, -0.2) is 43.6 Å². The maximum Gasteiger partial charge on any atom is 0.226 e. The highest BCUT2D eigenvalue weighted by molar-refractivity contribution is 6.32. The van der Waals surface area contributed by atoms with Crippen LogP contribution in [0.1, 0.15) is 12.8 Å². The van der Waals surface area contributed by atoms with E-state index in [0.29, 0.717) is 5.75 Å². The van der Waals surface area contributed by atoms with E-state index in [-0.39, 0.29) is 42.4 Å². The number of rotatable bonds is 5. The first kappa shape index (κ1) is 18.0. The number of halogens is 3. The lowest BCUT2D eigenvalue weighted by molar-refractivity contribution is -0.132. The fourth-order valence-electron chi connectivity index (χ4n) is 2.19. The van der Waals surface area contributed by atoms with Gasteiger partial charge in [-0.05, 0) is 31.2 Å². The van der Waals surface area contributed by atoms with Gasteiger partial charge in [0.15, 0.2) is 0 Å². The van der Waals surface area contributed by atoms with Crippen LogP contribution in [0.2, 0.25) is 5.02 Å². The lowest BCUT2D eigenvalue weighted by Crippen LogP contribution is -2.38. The molecule has 7 heteroatoms. The molecular formula is C14H19Cl2FN2O2. The molecule has 0 radical (unpaired) electrons. The summed E-state index contributed by atoms with van der Waals surface area (Å²) >= 11 is 5.84. The van der Waals surface area contributed by atoms with Crippen molar-refractivity contribution in [2.75, 3.05) is 26.7 Å². The van der Waals surface area contributed by atoms with Crippen LogP contribution in [0.3, 0.4) is 0 Å². The maximum absolute atomic E-state index is 12.9. The van der Waals surface area contributed by atoms with Gasteiger partial charge in [-0.15, -0.1) is 12.4 Å². The molecule has 1 aliphatic rings. The van der Waals surface area contributed by atoms with E-state index in [1.165, 1.54) is 18.2 Å². The van der Waals surface area contributed by atoms with E-state index in [4.69, 9.17) is 16.3 Å². The second kappa shape index (κ2) is 8.41. The van der Waals surface area contributed by atoms with Gasteiger partial charge in [0, 0.05) is 19.6 Å². The Kier molecular flexibility index (Phi) is 7.22. The van der Waals surface area contributed by atoms with Gasteiger partial charge < -0.3 is 15.0 Å². The van der Waals surface area contributed by atoms with Gasteiger partial charge in [0.05, 0.1) is 18.1 Å². The summed E-state index contributed by atoms with van der Waals surface area (Å²) in [5.41, 5.74) is 0. The number of carbonyl (C=O) groups excluding carboxylic acids is 1. The van der Waals surface area contributed by atoms with Crippen molar-refractivity contribution in [1.82, 2.24) is 10.2 Å². The highest BCUT2D eigenvalue weighted by Crippen LogP contribution is 2.24. The second-order valence-corrected chi connectivity index (χ2v) is 5.23. The van der Waals surface area contributed by atoms with Gasteiger partial charge in [0.25, 0.3) is 0 Å². The summed E-state index contributed by atoms with van der Waals surface area (Å²) in [6, 6.07) is 4.19. The third kappa shape index (κ3) is 5.02. The van der Waals surface area contributed by atoms with Gasteiger partial charge in [-0.2, -0.15) is 0 Å². The van der Waals surface area contributed by atoms with Crippen LogP contribution in [0, 0.1) is 5.82 Å². The van der Waals surface area contributed by atoms with Crippen molar-refractivity contribution in [1.29, 1.82) is 0 Å². The molecule has 118 valence electrons. The van der Waals surface area contributed by atoms with Crippen molar-refractivity contribution in [3.8, 4) is 5.75 Å². The standard InChI is InChI=1S/C14H18ClFN2O2.ClH/c1-18(11-4-6-17-9-11)14(19)5-7-20-13-3-2-10(16)8-12(13)15;/h2-3,8,11,17H,4-7,9H2,1H3;1H. The van der Waals surface area contributed by atoms with Crippen molar-refractivity contribution in [2.45, 2.75) is 18.9 Å². The minimum Gasteiger partial charge on any atom is -0.491 e. The number of benzene rings is 1. The number of carbonyl (C=O) groups is 1. The van der Waals surface area contributed by atoms with Crippen LogP contribution < -0.4 is 10.1 Å². The van der Waals surface area contributed by atoms with Crippen LogP contribution in [0.5, 0.6) is 5.75 Å². The molecule has 1 N–H and O–H groups in total. The Morgan fingerprint density at radius 3 is 2.95 bits per heavy atom. The molecule has 1 amide bonds. The number of hydrogen-bond donors (Lipinski definition) is 1. The van der Waals surface area contributed by atoms with E-state index < -0.39 is 5.82 Å². The van der Waals surface area contributed by atoms with Crippen LogP contribution >= 0.6 is 24.0 Å². The van der Waals surface area contributed by atoms with E-state index in [9.17, 15) is 9.18 Å². The first-order chi connectivity index (χ1) is 9.58. The fourth-order valence-corrected chi connectivity index (χ4v) is 2.41. The number of amides is 1. The first-order valence-electron chi connectivity index (χ1n) is 6.62. The predicted molar refractivity (Wildman–Crippen MR) is 82.8 cm³/mol. The summed E-state index contributed by atoms with van der Waals surface area (Å²) in [7, 11) is 1.81. The van der Waals surface area contributed by atoms with Crippen LogP contribution in [-0.2, 0) is 4.79 Å². The molecule has 1 aromatic rings. The third-order valence-corrected chi connectivity index (χ3v) is 3.74. The van der Waals surface area contributed by atoms with Gasteiger partial charge in [-0.1, -0.05) is 11.6 Å². The smallest absolute Gasteiger partial charge is 0.226 e. The predicted octanol–water partition coefficient (Wildman–Crippen LogP) is 2.49. The van der Waals surface area contributed by atoms with Crippen molar-refractivity contribution < 1.29 is 13.9 Å². The molecule has 1 atom stereocenters. The molecule has 0 bridgehead atoms. The van der Waals surface area contributed by atoms with Crippen molar-refractivity contribution in [3.05, 3.63) is 29.0 Å². The zero-order valence-corrected chi connectivity index (χ0v) is 13.3. The summed E-state index contributed by atoms with van der Waals surface area (Å²) in [5, 5.41) is 3.44. The number of nitrogens with one attached hydrogen (secondary N) is 1. The Morgan fingerprint density at radius 2 is 2.33 bits per heavy atom. The molecule has 0 aliphatic carbocycles. The SMILES string of the molecule is CN(C(=O)CCOc1ccc(F)cc1Cl)C1CCNC1.Cl. The Morgan fingerprint density at radius 1 is 1.57 bits per heavy atom. The number of nitrogens with zero attached hydrogens (tertiary/aromatic N) is 1. The molecule has 2 rings (SSSR count). The molecule has 1 heterocycles. The Hall–Kier alpha value is -1.04. The summed E-state index contributed by atoms with van der Waals surface area (Å²) < 4.78 is 18.3. The molecule has 1 fully saturated rings. The van der Waals surface area contributed by atoms with Gasteiger partial charge >= 0.3 is 0 Å². The second-order valence-electron chi connectivity index (χ2n) is 4.82. The average Bonchev–Trinajstić information content (AvgIpc) is 2.94. The van der Waals surface area contributed by atoms with E-state index in [2.05, 4.69) is 5.32 Å². The monoisotopic (exact) mass is 336 g/mol. The molecule has 1 aromatic carbocycles. The fraction of sp³-hybridized carbons (Fsp3) is 0.500. The summed E-state index contributed by atoms with van der Waals surface area (Å²) in [5.74, 6) is 0.0230. The van der Waals surface area contributed by atoms with Gasteiger partial charge in [-0.3, -0.25) is 4.79 Å². The Labute approximate surface area is 135 Å². The van der Waals surface area contributed by atoms with E-state index >= 15 is 0 Å². The van der Waals surface area contributed by atoms with E-state index in [0.717, 1.165) is 19.5 Å². The molecule has 0 saturated carbocycles. The van der Waals surface area contributed by atoms with Crippen LogP contribution in [0.15, 0.2) is 18.2 Å². The topological polar surface area (TPSA) is 41.6 Å². The van der Waals surface area contributed by atoms with Gasteiger partial charge in [0.2, 0.25) is 5.91 Å². The number of ether oxygens (including phenoxy) is 1. The van der Waals surface area contributed by atoms with Crippen molar-refractivity contribution in [2.24, 2.45) is 0 Å². The number of hydrogen-bond acceptors (Lipinski definition) is 3. The molecule has 4 nitrogen and oxygen atoms in total. The lowest BCUT2D eigenvalue weighted by atomic mass is 10.2. The zero-order valence-electron chi connectivity index (χ0n) is 11.8. The molecule has 0 aromatic heterocycles. The molecular weight excluding hydrogens is 318 g/mol. The van der Waals surface area contributed by atoms with E-state index in [1.54, 1.807) is 4.90 Å². The number of likely N-dealkylation sites (N-methyl/N-ethyl adjacent to an activating group) is 1. The molecule has 21 heavy (non-hydrogen) atoms. The minimum atomic E-state index is -0.410. The van der Waals surface area contributed by atoms with Crippen molar-refractivity contribution >= 4 is 29.9 Å². The maximum atomic E-state index is 12.9. The third-order valence-electron chi connectivity index (χ3n) is 3.44. The van der Waals surface area contributed by atoms with Crippen LogP contribution in [0.4, 0.5) is 4.39 Å². The zero-order chi connectivity index (χ0) is 14.5. The average molecular weight is 337 g/mol. The van der Waals surface area contributed by atoms with E-state index in [1.807, 2.05) is 7.05 Å².